The van der Waals surface area contributed by atoms with Crippen molar-refractivity contribution in [2.75, 3.05) is 0 Å². The average molecular weight is 333 g/mol. The fourth-order valence-electron chi connectivity index (χ4n) is 1.47. The zero-order valence-corrected chi connectivity index (χ0v) is 11.0. The van der Waals surface area contributed by atoms with Gasteiger partial charge in [0.25, 0.3) is 0 Å². The molecular formula is C13H8BrF3O2. The van der Waals surface area contributed by atoms with Crippen LogP contribution >= 0.6 is 15.9 Å². The van der Waals surface area contributed by atoms with Crippen LogP contribution in [-0.2, 0) is 6.61 Å². The van der Waals surface area contributed by atoms with Gasteiger partial charge in [0.1, 0.15) is 0 Å². The van der Waals surface area contributed by atoms with Gasteiger partial charge in [-0.05, 0) is 35.9 Å². The van der Waals surface area contributed by atoms with Gasteiger partial charge in [0.15, 0.2) is 29.0 Å². The molecule has 2 rings (SSSR count). The number of halogens is 4. The van der Waals surface area contributed by atoms with Crippen molar-refractivity contribution >= 4 is 15.9 Å². The lowest BCUT2D eigenvalue weighted by Crippen LogP contribution is -1.97. The Hall–Kier alpha value is -1.53. The van der Waals surface area contributed by atoms with E-state index in [1.54, 1.807) is 0 Å². The van der Waals surface area contributed by atoms with Gasteiger partial charge >= 0.3 is 0 Å². The van der Waals surface area contributed by atoms with Crippen molar-refractivity contribution in [3.63, 3.8) is 0 Å². The highest BCUT2D eigenvalue weighted by molar-refractivity contribution is 9.10. The fraction of sp³-hybridized carbons (Fsp3) is 0.0769. The summed E-state index contributed by atoms with van der Waals surface area (Å²) in [5, 5.41) is 8.81. The Morgan fingerprint density at radius 1 is 1.00 bits per heavy atom. The van der Waals surface area contributed by atoms with Gasteiger partial charge in [-0.1, -0.05) is 15.9 Å². The summed E-state index contributed by atoms with van der Waals surface area (Å²) in [5.74, 6) is -3.78. The molecule has 2 aromatic rings. The molecule has 0 aliphatic carbocycles. The number of hydrogen-bond acceptors (Lipinski definition) is 2. The van der Waals surface area contributed by atoms with E-state index >= 15 is 0 Å². The van der Waals surface area contributed by atoms with E-state index in [2.05, 4.69) is 15.9 Å². The van der Waals surface area contributed by atoms with Crippen molar-refractivity contribution in [1.29, 1.82) is 0 Å². The Labute approximate surface area is 115 Å². The minimum absolute atomic E-state index is 0.0667. The van der Waals surface area contributed by atoms with E-state index in [0.717, 1.165) is 18.2 Å². The Bertz CT molecular complexity index is 594. The van der Waals surface area contributed by atoms with E-state index in [-0.39, 0.29) is 11.3 Å². The van der Waals surface area contributed by atoms with Gasteiger partial charge in [-0.3, -0.25) is 0 Å². The first-order valence-corrected chi connectivity index (χ1v) is 6.02. The van der Waals surface area contributed by atoms with E-state index in [4.69, 9.17) is 9.84 Å². The lowest BCUT2D eigenvalue weighted by atomic mass is 10.2. The molecule has 0 heterocycles. The van der Waals surface area contributed by atoms with Crippen LogP contribution in [-0.4, -0.2) is 5.11 Å². The van der Waals surface area contributed by atoms with Gasteiger partial charge in [-0.15, -0.1) is 0 Å². The van der Waals surface area contributed by atoms with Crippen LogP contribution in [0.1, 0.15) is 5.56 Å². The molecule has 2 nitrogen and oxygen atoms in total. The molecule has 0 fully saturated rings. The van der Waals surface area contributed by atoms with Crippen LogP contribution in [0.4, 0.5) is 13.2 Å². The number of aliphatic hydroxyl groups excluding tert-OH is 1. The minimum Gasteiger partial charge on any atom is -0.448 e. The van der Waals surface area contributed by atoms with Gasteiger partial charge in [0.2, 0.25) is 0 Å². The van der Waals surface area contributed by atoms with Gasteiger partial charge in [-0.2, -0.15) is 0 Å². The summed E-state index contributed by atoms with van der Waals surface area (Å²) in [4.78, 5) is 0. The monoisotopic (exact) mass is 332 g/mol. The maximum Gasteiger partial charge on any atom is 0.198 e. The molecular weight excluding hydrogens is 325 g/mol. The summed E-state index contributed by atoms with van der Waals surface area (Å²) in [5.41, 5.74) is 0.0667. The minimum atomic E-state index is -1.01. The number of hydrogen-bond donors (Lipinski definition) is 1. The normalized spacial score (nSPS) is 10.6. The third-order valence-corrected chi connectivity index (χ3v) is 2.84. The standard InChI is InChI=1S/C13H8BrF3O2/c14-8-1-2-9(15)12(5-8)19-13-10(16)3-7(6-18)4-11(13)17/h1-5,18H,6H2. The second kappa shape index (κ2) is 5.63. The average Bonchev–Trinajstić information content (AvgIpc) is 2.37. The van der Waals surface area contributed by atoms with E-state index in [0.29, 0.717) is 4.47 Å². The second-order valence-corrected chi connectivity index (χ2v) is 4.64. The van der Waals surface area contributed by atoms with Gasteiger partial charge in [-0.25, -0.2) is 13.2 Å². The van der Waals surface area contributed by atoms with Crippen LogP contribution in [0.5, 0.6) is 11.5 Å². The third-order valence-electron chi connectivity index (χ3n) is 2.35. The van der Waals surface area contributed by atoms with Gasteiger partial charge < -0.3 is 9.84 Å². The molecule has 0 amide bonds. The maximum absolute atomic E-state index is 13.6. The molecule has 100 valence electrons. The molecule has 0 atom stereocenters. The predicted molar refractivity (Wildman–Crippen MR) is 66.5 cm³/mol. The molecule has 0 bridgehead atoms. The number of rotatable bonds is 3. The highest BCUT2D eigenvalue weighted by atomic mass is 79.9. The predicted octanol–water partition coefficient (Wildman–Crippen LogP) is 4.15. The molecule has 0 aromatic heterocycles. The van der Waals surface area contributed by atoms with E-state index in [9.17, 15) is 13.2 Å². The first-order valence-electron chi connectivity index (χ1n) is 5.23. The van der Waals surface area contributed by atoms with Crippen LogP contribution in [0.2, 0.25) is 0 Å². The number of benzene rings is 2. The van der Waals surface area contributed by atoms with Crippen LogP contribution in [0.3, 0.4) is 0 Å². The SMILES string of the molecule is OCc1cc(F)c(Oc2cc(Br)ccc2F)c(F)c1. The lowest BCUT2D eigenvalue weighted by molar-refractivity contribution is 0.279. The lowest BCUT2D eigenvalue weighted by Gasteiger charge is -2.10. The Morgan fingerprint density at radius 3 is 2.21 bits per heavy atom. The summed E-state index contributed by atoms with van der Waals surface area (Å²) in [6, 6.07) is 5.65. The zero-order chi connectivity index (χ0) is 14.0. The zero-order valence-electron chi connectivity index (χ0n) is 9.46. The first-order chi connectivity index (χ1) is 9.01. The van der Waals surface area contributed by atoms with Crippen molar-refractivity contribution in [1.82, 2.24) is 0 Å². The molecule has 0 saturated heterocycles. The molecule has 6 heteroatoms. The molecule has 1 N–H and O–H groups in total. The quantitative estimate of drug-likeness (QED) is 0.914. The van der Waals surface area contributed by atoms with Crippen molar-refractivity contribution in [3.8, 4) is 11.5 Å². The van der Waals surface area contributed by atoms with Crippen molar-refractivity contribution in [2.24, 2.45) is 0 Å². The first kappa shape index (κ1) is 13.9. The maximum atomic E-state index is 13.6. The summed E-state index contributed by atoms with van der Waals surface area (Å²) in [6.45, 7) is -0.501. The van der Waals surface area contributed by atoms with E-state index < -0.39 is 29.8 Å². The molecule has 0 radical (unpaired) electrons. The fourth-order valence-corrected chi connectivity index (χ4v) is 1.81. The molecule has 0 unspecified atom stereocenters. The van der Waals surface area contributed by atoms with Gasteiger partial charge in [0, 0.05) is 4.47 Å². The van der Waals surface area contributed by atoms with Gasteiger partial charge in [0.05, 0.1) is 6.61 Å². The van der Waals surface area contributed by atoms with Crippen LogP contribution in [0.25, 0.3) is 0 Å². The molecule has 2 aromatic carbocycles. The van der Waals surface area contributed by atoms with Crippen molar-refractivity contribution < 1.29 is 23.0 Å². The number of aliphatic hydroxyl groups is 1. The second-order valence-electron chi connectivity index (χ2n) is 3.72. The summed E-state index contributed by atoms with van der Waals surface area (Å²) in [6.07, 6.45) is 0. The molecule has 0 spiro atoms. The highest BCUT2D eigenvalue weighted by Gasteiger charge is 2.15. The Balaban J connectivity index is 2.41. The number of ether oxygens (including phenoxy) is 1. The van der Waals surface area contributed by atoms with E-state index in [1.165, 1.54) is 12.1 Å². The molecule has 19 heavy (non-hydrogen) atoms. The van der Waals surface area contributed by atoms with Crippen LogP contribution < -0.4 is 4.74 Å². The topological polar surface area (TPSA) is 29.5 Å². The summed E-state index contributed by atoms with van der Waals surface area (Å²) in [7, 11) is 0. The molecule has 0 aliphatic rings. The Kier molecular flexibility index (Phi) is 4.11. The van der Waals surface area contributed by atoms with E-state index in [1.807, 2.05) is 0 Å². The highest BCUT2D eigenvalue weighted by Crippen LogP contribution is 2.31. The smallest absolute Gasteiger partial charge is 0.198 e. The summed E-state index contributed by atoms with van der Waals surface area (Å²) >= 11 is 3.10. The van der Waals surface area contributed by atoms with Crippen molar-refractivity contribution in [2.45, 2.75) is 6.61 Å². The van der Waals surface area contributed by atoms with Crippen LogP contribution in [0, 0.1) is 17.5 Å². The molecule has 0 aliphatic heterocycles. The largest absolute Gasteiger partial charge is 0.448 e. The Morgan fingerprint density at radius 2 is 1.63 bits per heavy atom. The summed E-state index contributed by atoms with van der Waals surface area (Å²) < 4.78 is 46.1. The van der Waals surface area contributed by atoms with Crippen molar-refractivity contribution in [3.05, 3.63) is 57.8 Å². The third kappa shape index (κ3) is 3.08. The van der Waals surface area contributed by atoms with Crippen LogP contribution in [0.15, 0.2) is 34.8 Å². The molecule has 0 saturated carbocycles.